The number of nitrogens with zero attached hydrogens (tertiary/aromatic N) is 2. The predicted octanol–water partition coefficient (Wildman–Crippen LogP) is 5.28. The van der Waals surface area contributed by atoms with Crippen molar-refractivity contribution in [3.8, 4) is 0 Å². The number of unbranched alkanes of at least 4 members (excludes halogenated alkanes) is 2. The largest absolute Gasteiger partial charge is 0.364 e. The quantitative estimate of drug-likeness (QED) is 0.201. The lowest BCUT2D eigenvalue weighted by Crippen LogP contribution is -2.32. The van der Waals surface area contributed by atoms with Crippen LogP contribution in [-0.4, -0.2) is 29.1 Å². The summed E-state index contributed by atoms with van der Waals surface area (Å²) in [5, 5.41) is 6.59. The van der Waals surface area contributed by atoms with Crippen LogP contribution in [0.1, 0.15) is 52.1 Å². The molecule has 6 nitrogen and oxygen atoms in total. The van der Waals surface area contributed by atoms with Crippen molar-refractivity contribution in [3.05, 3.63) is 72.1 Å². The second kappa shape index (κ2) is 14.6. The van der Waals surface area contributed by atoms with E-state index in [1.54, 1.807) is 51.3 Å². The molecule has 0 radical (unpaired) electrons. The number of Topliss-reactive ketones (excluding diaryl/α,β-unsaturated/α-hetero) is 1. The fourth-order valence-corrected chi connectivity index (χ4v) is 2.43. The summed E-state index contributed by atoms with van der Waals surface area (Å²) in [4.78, 5) is 28.2. The molecule has 7 heteroatoms. The summed E-state index contributed by atoms with van der Waals surface area (Å²) in [7, 11) is 0. The van der Waals surface area contributed by atoms with Crippen LogP contribution in [0.5, 0.6) is 0 Å². The van der Waals surface area contributed by atoms with Crippen LogP contribution in [-0.2, 0) is 9.59 Å². The molecule has 1 N–H and O–H groups in total. The van der Waals surface area contributed by atoms with E-state index in [4.69, 9.17) is 4.52 Å². The van der Waals surface area contributed by atoms with Gasteiger partial charge in [-0.3, -0.25) is 9.79 Å². The number of hydrogen-bond donors (Lipinski definition) is 1. The van der Waals surface area contributed by atoms with E-state index in [9.17, 15) is 14.0 Å². The molecule has 0 aliphatic heterocycles. The Bertz CT molecular complexity index is 878. The van der Waals surface area contributed by atoms with Gasteiger partial charge in [-0.25, -0.2) is 4.39 Å². The van der Waals surface area contributed by atoms with Crippen molar-refractivity contribution in [2.75, 3.05) is 0 Å². The molecular formula is C24H30FN3O3. The minimum Gasteiger partial charge on any atom is -0.364 e. The summed E-state index contributed by atoms with van der Waals surface area (Å²) in [6.07, 6.45) is 14.9. The van der Waals surface area contributed by atoms with Gasteiger partial charge in [-0.05, 0) is 58.3 Å². The topological polar surface area (TPSA) is 84.6 Å². The molecule has 31 heavy (non-hydrogen) atoms. The molecule has 0 saturated heterocycles. The third kappa shape index (κ3) is 10.8. The molecular weight excluding hydrogens is 397 g/mol. The van der Waals surface area contributed by atoms with E-state index >= 15 is 0 Å². The predicted molar refractivity (Wildman–Crippen MR) is 122 cm³/mol. The standard InChI is InChI=1S/C24H30FN3O3/c1-5-20(25)12-11-18(3)27-24(30)22(6-2)23(14-13-21-15-17-31-28-21)26-16-9-7-8-10-19(4)29/h5-6,11-18H,2,7-10H2,1,3-4H3,(H,27,30)/b12-11-,14-13+,20-5+,23-22-,26-16+. The number of amides is 1. The van der Waals surface area contributed by atoms with Gasteiger partial charge in [-0.15, -0.1) is 0 Å². The van der Waals surface area contributed by atoms with Crippen LogP contribution in [0, 0.1) is 0 Å². The highest BCUT2D eigenvalue weighted by molar-refractivity contribution is 5.98. The van der Waals surface area contributed by atoms with Crippen LogP contribution in [0.25, 0.3) is 6.08 Å². The molecule has 0 fully saturated rings. The Morgan fingerprint density at radius 2 is 2.13 bits per heavy atom. The Kier molecular flexibility index (Phi) is 12.1. The first-order valence-electron chi connectivity index (χ1n) is 10.1. The van der Waals surface area contributed by atoms with Gasteiger partial charge in [0.25, 0.3) is 5.91 Å². The summed E-state index contributed by atoms with van der Waals surface area (Å²) in [6, 6.07) is 1.28. The summed E-state index contributed by atoms with van der Waals surface area (Å²) < 4.78 is 18.1. The van der Waals surface area contributed by atoms with Gasteiger partial charge in [0.2, 0.25) is 0 Å². The van der Waals surface area contributed by atoms with Crippen molar-refractivity contribution in [1.29, 1.82) is 0 Å². The van der Waals surface area contributed by atoms with E-state index in [0.717, 1.165) is 12.8 Å². The number of aromatic nitrogens is 1. The molecule has 1 unspecified atom stereocenters. The minimum absolute atomic E-state index is 0.163. The molecule has 1 aromatic rings. The van der Waals surface area contributed by atoms with Gasteiger partial charge in [0, 0.05) is 24.7 Å². The number of hydrogen-bond acceptors (Lipinski definition) is 5. The molecule has 0 bridgehead atoms. The first-order valence-corrected chi connectivity index (χ1v) is 10.1. The van der Waals surface area contributed by atoms with Crippen LogP contribution in [0.3, 0.4) is 0 Å². The van der Waals surface area contributed by atoms with E-state index in [-0.39, 0.29) is 23.1 Å². The molecule has 0 spiro atoms. The third-order valence-electron chi connectivity index (χ3n) is 4.12. The number of ketones is 1. The average Bonchev–Trinajstić information content (AvgIpc) is 3.25. The number of aliphatic imine (C=N–C) groups is 1. The van der Waals surface area contributed by atoms with Gasteiger partial charge in [-0.1, -0.05) is 30.0 Å². The molecule has 0 saturated carbocycles. The highest BCUT2D eigenvalue weighted by Gasteiger charge is 2.12. The van der Waals surface area contributed by atoms with Gasteiger partial charge in [0.05, 0.1) is 11.3 Å². The molecule has 1 aromatic heterocycles. The number of nitrogens with one attached hydrogen (secondary N) is 1. The van der Waals surface area contributed by atoms with Gasteiger partial charge >= 0.3 is 0 Å². The average molecular weight is 428 g/mol. The van der Waals surface area contributed by atoms with Gasteiger partial charge in [-0.2, -0.15) is 0 Å². The Balaban J connectivity index is 3.00. The Morgan fingerprint density at radius 1 is 1.35 bits per heavy atom. The summed E-state index contributed by atoms with van der Waals surface area (Å²) >= 11 is 0. The molecule has 166 valence electrons. The zero-order valence-corrected chi connectivity index (χ0v) is 18.3. The summed E-state index contributed by atoms with van der Waals surface area (Å²) in [5.74, 6) is -0.607. The summed E-state index contributed by atoms with van der Waals surface area (Å²) in [6.45, 7) is 8.63. The van der Waals surface area contributed by atoms with Crippen molar-refractivity contribution in [1.82, 2.24) is 10.5 Å². The van der Waals surface area contributed by atoms with Crippen LogP contribution in [0.2, 0.25) is 0 Å². The SMILES string of the molecule is C=C/C(C(=O)NC(C)/C=C\C(F)=C/C)=C(\C=C\c1ccon1)/N=C/CCCCC(C)=O. The molecule has 0 aromatic carbocycles. The van der Waals surface area contributed by atoms with Crippen molar-refractivity contribution >= 4 is 24.0 Å². The molecule has 0 aliphatic rings. The lowest BCUT2D eigenvalue weighted by molar-refractivity contribution is -0.118. The van der Waals surface area contributed by atoms with E-state index in [0.29, 0.717) is 24.2 Å². The van der Waals surface area contributed by atoms with E-state index in [1.165, 1.54) is 24.5 Å². The second-order valence-electron chi connectivity index (χ2n) is 6.81. The van der Waals surface area contributed by atoms with Crippen LogP contribution in [0.15, 0.2) is 75.9 Å². The number of carbonyl (C=O) groups is 2. The second-order valence-corrected chi connectivity index (χ2v) is 6.81. The maximum Gasteiger partial charge on any atom is 0.253 e. The molecule has 1 rings (SSSR count). The highest BCUT2D eigenvalue weighted by atomic mass is 19.1. The van der Waals surface area contributed by atoms with E-state index in [2.05, 4.69) is 22.0 Å². The first-order chi connectivity index (χ1) is 14.9. The molecule has 1 amide bonds. The van der Waals surface area contributed by atoms with Crippen LogP contribution in [0.4, 0.5) is 4.39 Å². The smallest absolute Gasteiger partial charge is 0.253 e. The number of halogens is 1. The summed E-state index contributed by atoms with van der Waals surface area (Å²) in [5.41, 5.74) is 1.25. The molecule has 1 heterocycles. The fourth-order valence-electron chi connectivity index (χ4n) is 2.43. The van der Waals surface area contributed by atoms with Crippen LogP contribution < -0.4 is 5.32 Å². The highest BCUT2D eigenvalue weighted by Crippen LogP contribution is 2.13. The van der Waals surface area contributed by atoms with Gasteiger partial charge in [0.1, 0.15) is 23.6 Å². The lowest BCUT2D eigenvalue weighted by Gasteiger charge is -2.11. The first kappa shape index (κ1) is 25.7. The maximum absolute atomic E-state index is 13.3. The fraction of sp³-hybridized carbons (Fsp3) is 0.333. The van der Waals surface area contributed by atoms with Crippen LogP contribution >= 0.6 is 0 Å². The Hall–Kier alpha value is -3.35. The molecule has 0 aliphatic carbocycles. The van der Waals surface area contributed by atoms with Crippen molar-refractivity contribution in [2.45, 2.75) is 52.5 Å². The lowest BCUT2D eigenvalue weighted by atomic mass is 10.1. The minimum atomic E-state index is -0.399. The molecule has 1 atom stereocenters. The number of rotatable bonds is 13. The van der Waals surface area contributed by atoms with Gasteiger partial charge < -0.3 is 14.6 Å². The van der Waals surface area contributed by atoms with E-state index in [1.807, 2.05) is 0 Å². The maximum atomic E-state index is 13.3. The Morgan fingerprint density at radius 3 is 2.74 bits per heavy atom. The van der Waals surface area contributed by atoms with Crippen molar-refractivity contribution < 1.29 is 18.5 Å². The van der Waals surface area contributed by atoms with Gasteiger partial charge in [0.15, 0.2) is 0 Å². The zero-order chi connectivity index (χ0) is 23.1. The third-order valence-corrected chi connectivity index (χ3v) is 4.12. The number of carbonyl (C=O) groups excluding carboxylic acids is 2. The Labute approximate surface area is 183 Å². The normalized spacial score (nSPS) is 14.3. The van der Waals surface area contributed by atoms with Crippen molar-refractivity contribution in [3.63, 3.8) is 0 Å². The monoisotopic (exact) mass is 427 g/mol. The zero-order valence-electron chi connectivity index (χ0n) is 18.3. The van der Waals surface area contributed by atoms with Crippen molar-refractivity contribution in [2.24, 2.45) is 4.99 Å². The number of allylic oxidation sites excluding steroid dienone is 4. The van der Waals surface area contributed by atoms with E-state index < -0.39 is 6.04 Å².